The summed E-state index contributed by atoms with van der Waals surface area (Å²) >= 11 is 0. The molecule has 36 heavy (non-hydrogen) atoms. The van der Waals surface area contributed by atoms with Crippen LogP contribution in [-0.4, -0.2) is 19.7 Å². The van der Waals surface area contributed by atoms with Gasteiger partial charge in [0.05, 0.1) is 22.3 Å². The highest BCUT2D eigenvalue weighted by Crippen LogP contribution is 2.47. The number of ether oxygens (including phenoxy) is 1. The van der Waals surface area contributed by atoms with Gasteiger partial charge in [0.2, 0.25) is 0 Å². The third kappa shape index (κ3) is 5.43. The Hall–Kier alpha value is -2.48. The maximum Gasteiger partial charge on any atom is 0.416 e. The molecule has 0 bridgehead atoms. The second-order valence-corrected chi connectivity index (χ2v) is 8.18. The van der Waals surface area contributed by atoms with E-state index < -0.39 is 69.7 Å². The van der Waals surface area contributed by atoms with Crippen molar-refractivity contribution in [2.24, 2.45) is 0 Å². The number of rotatable bonds is 4. The molecule has 1 atom stereocenters. The Kier molecular flexibility index (Phi) is 7.12. The minimum absolute atomic E-state index is 0.0248. The number of methoxy groups -OCH3 is 1. The fraction of sp³-hybridized carbons (Fsp3) is 0.455. The number of hydrogen-bond donors (Lipinski definition) is 1. The molecule has 2 nitrogen and oxygen atoms in total. The topological polar surface area (TPSA) is 21.3 Å². The zero-order chi connectivity index (χ0) is 27.3. The highest BCUT2D eigenvalue weighted by atomic mass is 19.4. The Morgan fingerprint density at radius 3 is 1.11 bits per heavy atom. The number of benzene rings is 2. The van der Waals surface area contributed by atoms with Gasteiger partial charge < -0.3 is 10.1 Å². The number of hydrogen-bond acceptors (Lipinski definition) is 2. The molecule has 1 aliphatic rings. The molecule has 0 unspecified atom stereocenters. The van der Waals surface area contributed by atoms with E-state index in [0.717, 1.165) is 7.11 Å². The SMILES string of the molecule is COC(c1cc(C(F)(F)F)cc(C(F)(F)F)c1)(c1cc(C(F)(F)F)cc(C(F)(F)F)c1)[C@@H]1CCCN1. The van der Waals surface area contributed by atoms with E-state index in [-0.39, 0.29) is 55.8 Å². The van der Waals surface area contributed by atoms with E-state index in [1.165, 1.54) is 0 Å². The van der Waals surface area contributed by atoms with Crippen molar-refractivity contribution in [3.63, 3.8) is 0 Å². The van der Waals surface area contributed by atoms with Gasteiger partial charge in [-0.15, -0.1) is 0 Å². The van der Waals surface area contributed by atoms with Crippen molar-refractivity contribution in [1.82, 2.24) is 5.32 Å². The van der Waals surface area contributed by atoms with E-state index in [1.54, 1.807) is 0 Å². The largest absolute Gasteiger partial charge is 0.416 e. The third-order valence-electron chi connectivity index (χ3n) is 5.91. The minimum atomic E-state index is -5.32. The first-order valence-corrected chi connectivity index (χ1v) is 10.2. The van der Waals surface area contributed by atoms with Crippen molar-refractivity contribution in [2.45, 2.75) is 49.2 Å². The van der Waals surface area contributed by atoms with Gasteiger partial charge in [-0.1, -0.05) is 0 Å². The van der Waals surface area contributed by atoms with Crippen LogP contribution in [0.3, 0.4) is 0 Å². The maximum atomic E-state index is 13.5. The minimum Gasteiger partial charge on any atom is -0.367 e. The molecule has 1 aliphatic heterocycles. The molecular formula is C22H17F12NO. The van der Waals surface area contributed by atoms with Crippen LogP contribution in [0, 0.1) is 0 Å². The first-order valence-electron chi connectivity index (χ1n) is 10.2. The van der Waals surface area contributed by atoms with Gasteiger partial charge in [-0.3, -0.25) is 0 Å². The van der Waals surface area contributed by atoms with Gasteiger partial charge in [-0.25, -0.2) is 0 Å². The predicted octanol–water partition coefficient (Wildman–Crippen LogP) is 7.40. The van der Waals surface area contributed by atoms with Crippen molar-refractivity contribution < 1.29 is 57.4 Å². The lowest BCUT2D eigenvalue weighted by Gasteiger charge is -2.40. The molecule has 1 N–H and O–H groups in total. The molecular weight excluding hydrogens is 522 g/mol. The lowest BCUT2D eigenvalue weighted by Crippen LogP contribution is -2.48. The Bertz CT molecular complexity index is 952. The quantitative estimate of drug-likeness (QED) is 0.409. The van der Waals surface area contributed by atoms with E-state index in [2.05, 4.69) is 5.32 Å². The summed E-state index contributed by atoms with van der Waals surface area (Å²) in [6.45, 7) is 0.145. The smallest absolute Gasteiger partial charge is 0.367 e. The summed E-state index contributed by atoms with van der Waals surface area (Å²) in [5.41, 5.74) is -11.6. The van der Waals surface area contributed by atoms with Crippen molar-refractivity contribution in [3.05, 3.63) is 69.8 Å². The molecule has 2 aromatic carbocycles. The number of nitrogens with one attached hydrogen (secondary N) is 1. The van der Waals surface area contributed by atoms with Crippen molar-refractivity contribution in [1.29, 1.82) is 0 Å². The highest BCUT2D eigenvalue weighted by Gasteiger charge is 2.49. The van der Waals surface area contributed by atoms with Gasteiger partial charge in [0.1, 0.15) is 5.60 Å². The molecule has 1 heterocycles. The van der Waals surface area contributed by atoms with Crippen LogP contribution < -0.4 is 5.32 Å². The lowest BCUT2D eigenvalue weighted by molar-refractivity contribution is -0.144. The average Bonchev–Trinajstić information content (AvgIpc) is 3.27. The van der Waals surface area contributed by atoms with Crippen LogP contribution in [0.25, 0.3) is 0 Å². The van der Waals surface area contributed by atoms with Gasteiger partial charge in [-0.05, 0) is 66.9 Å². The Labute approximate surface area is 196 Å². The van der Waals surface area contributed by atoms with E-state index in [9.17, 15) is 52.7 Å². The number of alkyl halides is 12. The monoisotopic (exact) mass is 539 g/mol. The predicted molar refractivity (Wildman–Crippen MR) is 102 cm³/mol. The van der Waals surface area contributed by atoms with Crippen LogP contribution in [0.2, 0.25) is 0 Å². The molecule has 2 aromatic rings. The van der Waals surface area contributed by atoms with Crippen molar-refractivity contribution in [3.8, 4) is 0 Å². The Balaban J connectivity index is 2.46. The first-order chi connectivity index (χ1) is 16.3. The average molecular weight is 539 g/mol. The Morgan fingerprint density at radius 1 is 0.583 bits per heavy atom. The lowest BCUT2D eigenvalue weighted by atomic mass is 9.77. The van der Waals surface area contributed by atoms with E-state index >= 15 is 0 Å². The highest BCUT2D eigenvalue weighted by molar-refractivity contribution is 5.47. The summed E-state index contributed by atoms with van der Waals surface area (Å²) in [7, 11) is 0.793. The van der Waals surface area contributed by atoms with Gasteiger partial charge in [0.15, 0.2) is 0 Å². The van der Waals surface area contributed by atoms with Crippen molar-refractivity contribution >= 4 is 0 Å². The second kappa shape index (κ2) is 9.12. The molecule has 200 valence electrons. The van der Waals surface area contributed by atoms with E-state index in [0.29, 0.717) is 0 Å². The third-order valence-corrected chi connectivity index (χ3v) is 5.91. The summed E-state index contributed by atoms with van der Waals surface area (Å²) < 4.78 is 168. The van der Waals surface area contributed by atoms with Gasteiger partial charge in [-0.2, -0.15) is 52.7 Å². The zero-order valence-corrected chi connectivity index (χ0v) is 18.1. The summed E-state index contributed by atoms with van der Waals surface area (Å²) in [6.07, 6.45) is -21.0. The van der Waals surface area contributed by atoms with Crippen molar-refractivity contribution in [2.75, 3.05) is 13.7 Å². The summed E-state index contributed by atoms with van der Waals surface area (Å²) in [5, 5.41) is 2.73. The Morgan fingerprint density at radius 2 is 0.889 bits per heavy atom. The molecule has 1 saturated heterocycles. The summed E-state index contributed by atoms with van der Waals surface area (Å²) in [5.74, 6) is 0. The maximum absolute atomic E-state index is 13.5. The normalized spacial score (nSPS) is 18.1. The van der Waals surface area contributed by atoms with Crippen LogP contribution >= 0.6 is 0 Å². The van der Waals surface area contributed by atoms with Crippen LogP contribution in [-0.2, 0) is 35.0 Å². The zero-order valence-electron chi connectivity index (χ0n) is 18.1. The van der Waals surface area contributed by atoms with Gasteiger partial charge >= 0.3 is 24.7 Å². The molecule has 3 rings (SSSR count). The number of halogens is 12. The van der Waals surface area contributed by atoms with Crippen LogP contribution in [0.1, 0.15) is 46.2 Å². The van der Waals surface area contributed by atoms with E-state index in [1.807, 2.05) is 0 Å². The fourth-order valence-corrected chi connectivity index (χ4v) is 4.32. The molecule has 0 aliphatic carbocycles. The van der Waals surface area contributed by atoms with Gasteiger partial charge in [0.25, 0.3) is 0 Å². The van der Waals surface area contributed by atoms with Crippen LogP contribution in [0.15, 0.2) is 36.4 Å². The molecule has 0 amide bonds. The standard InChI is InChI=1S/C22H17F12NO/c1-36-18(17-3-2-4-35-17,11-5-13(19(23,24)25)9-14(6-11)20(26,27)28)12-7-15(21(29,30)31)10-16(8-12)22(32,33)34/h5-10,17,35H,2-4H2,1H3/t17-/m0/s1. The second-order valence-electron chi connectivity index (χ2n) is 8.18. The molecule has 1 fully saturated rings. The molecule has 0 spiro atoms. The van der Waals surface area contributed by atoms with Crippen LogP contribution in [0.4, 0.5) is 52.7 Å². The molecule has 14 heteroatoms. The van der Waals surface area contributed by atoms with E-state index in [4.69, 9.17) is 4.74 Å². The first kappa shape index (κ1) is 28.1. The fourth-order valence-electron chi connectivity index (χ4n) is 4.32. The summed E-state index contributed by atoms with van der Waals surface area (Å²) in [4.78, 5) is 0. The summed E-state index contributed by atoms with van der Waals surface area (Å²) in [6, 6.07) is -0.674. The molecule has 0 radical (unpaired) electrons. The molecule has 0 aromatic heterocycles. The molecule has 0 saturated carbocycles. The van der Waals surface area contributed by atoms with Gasteiger partial charge in [0, 0.05) is 13.2 Å². The van der Waals surface area contributed by atoms with Crippen LogP contribution in [0.5, 0.6) is 0 Å².